The summed E-state index contributed by atoms with van der Waals surface area (Å²) in [6, 6.07) is 0. The minimum absolute atomic E-state index is 0.0366. The van der Waals surface area contributed by atoms with Gasteiger partial charge in [-0.1, -0.05) is 32.8 Å². The van der Waals surface area contributed by atoms with E-state index in [1.807, 2.05) is 13.8 Å². The molecule has 1 aliphatic heterocycles. The van der Waals surface area contributed by atoms with Crippen LogP contribution < -0.4 is 0 Å². The highest BCUT2D eigenvalue weighted by Gasteiger charge is 2.49. The smallest absolute Gasteiger partial charge is 0.338 e. The van der Waals surface area contributed by atoms with Crippen molar-refractivity contribution in [3.8, 4) is 0 Å². The number of carbonyl (C=O) groups excluding carboxylic acids is 4. The number of methoxy groups -OCH3 is 4. The summed E-state index contributed by atoms with van der Waals surface area (Å²) in [5, 5.41) is 19.2. The largest absolute Gasteiger partial charge is 0.466 e. The summed E-state index contributed by atoms with van der Waals surface area (Å²) in [5.41, 5.74) is 0.110. The number of rotatable bonds is 12. The van der Waals surface area contributed by atoms with Crippen LogP contribution in [0.5, 0.6) is 0 Å². The van der Waals surface area contributed by atoms with E-state index in [1.54, 1.807) is 0 Å². The molecule has 4 atom stereocenters. The second kappa shape index (κ2) is 17.4. The average molecular weight is 501 g/mol. The first-order valence-electron chi connectivity index (χ1n) is 11.0. The fourth-order valence-electron chi connectivity index (χ4n) is 2.77. The Morgan fingerprint density at radius 2 is 1.37 bits per heavy atom. The maximum atomic E-state index is 11.5. The average Bonchev–Trinajstić information content (AvgIpc) is 3.65. The van der Waals surface area contributed by atoms with Gasteiger partial charge in [0.15, 0.2) is 0 Å². The van der Waals surface area contributed by atoms with Crippen molar-refractivity contribution in [1.29, 1.82) is 0 Å². The fraction of sp³-hybridized carbons (Fsp3) is 0.583. The topological polar surface area (TPSA) is 158 Å². The van der Waals surface area contributed by atoms with Crippen molar-refractivity contribution >= 4 is 23.9 Å². The van der Waals surface area contributed by atoms with Crippen molar-refractivity contribution in [2.24, 2.45) is 0 Å². The number of epoxide rings is 1. The minimum atomic E-state index is -0.658. The van der Waals surface area contributed by atoms with E-state index in [0.717, 1.165) is 25.0 Å². The Morgan fingerprint density at radius 3 is 1.86 bits per heavy atom. The third-order valence-electron chi connectivity index (χ3n) is 4.67. The quantitative estimate of drug-likeness (QED) is 0.130. The van der Waals surface area contributed by atoms with Crippen molar-refractivity contribution in [1.82, 2.24) is 0 Å². The molecular weight excluding hydrogens is 464 g/mol. The number of hydrogen-bond acceptors (Lipinski definition) is 11. The van der Waals surface area contributed by atoms with E-state index in [2.05, 4.69) is 18.9 Å². The van der Waals surface area contributed by atoms with Gasteiger partial charge in [0.1, 0.15) is 12.2 Å². The van der Waals surface area contributed by atoms with Gasteiger partial charge in [-0.2, -0.15) is 0 Å². The summed E-state index contributed by atoms with van der Waals surface area (Å²) in [5.74, 6) is -2.62. The predicted octanol–water partition coefficient (Wildman–Crippen LogP) is 1.16. The van der Waals surface area contributed by atoms with Crippen LogP contribution in [0.15, 0.2) is 35.5 Å². The van der Waals surface area contributed by atoms with Gasteiger partial charge in [-0.15, -0.1) is 0 Å². The maximum absolute atomic E-state index is 11.5. The van der Waals surface area contributed by atoms with Gasteiger partial charge in [0.05, 0.1) is 51.8 Å². The molecule has 2 N–H and O–H groups in total. The molecule has 1 aliphatic rings. The lowest BCUT2D eigenvalue weighted by molar-refractivity contribution is -0.138. The van der Waals surface area contributed by atoms with E-state index < -0.39 is 48.3 Å². The van der Waals surface area contributed by atoms with Crippen LogP contribution in [0.3, 0.4) is 0 Å². The van der Waals surface area contributed by atoms with Crippen LogP contribution in [-0.4, -0.2) is 86.9 Å². The van der Waals surface area contributed by atoms with Gasteiger partial charge in [0, 0.05) is 12.2 Å². The van der Waals surface area contributed by atoms with Gasteiger partial charge >= 0.3 is 23.9 Å². The molecule has 0 unspecified atom stereocenters. The van der Waals surface area contributed by atoms with Crippen molar-refractivity contribution in [3.63, 3.8) is 0 Å². The lowest BCUT2D eigenvalue weighted by atomic mass is 10.0. The molecule has 0 bridgehead atoms. The number of hydrogen-bond donors (Lipinski definition) is 2. The third-order valence-corrected chi connectivity index (χ3v) is 4.67. The molecule has 11 heteroatoms. The summed E-state index contributed by atoms with van der Waals surface area (Å²) >= 11 is 0. The Labute approximate surface area is 205 Å². The van der Waals surface area contributed by atoms with Gasteiger partial charge in [-0.3, -0.25) is 0 Å². The van der Waals surface area contributed by atoms with Crippen molar-refractivity contribution in [3.05, 3.63) is 35.5 Å². The minimum Gasteiger partial charge on any atom is -0.466 e. The first-order chi connectivity index (χ1) is 16.6. The van der Waals surface area contributed by atoms with Crippen LogP contribution in [0.2, 0.25) is 0 Å². The molecule has 0 radical (unpaired) electrons. The molecule has 1 rings (SSSR count). The van der Waals surface area contributed by atoms with E-state index in [1.165, 1.54) is 40.6 Å². The first-order valence-corrected chi connectivity index (χ1v) is 11.0. The van der Waals surface area contributed by atoms with Crippen molar-refractivity contribution in [2.75, 3.05) is 28.4 Å². The standard InChI is InChI=1S/C12H18O6.C12H18O5/c1-4-5-8(13)11-10(18-11)7(12(15)17-3)6-9(14)16-2;1-4-5-10(13)7-6-9(12(15)17-3)8-11(14)16-2/h6,8,10-11,13H,4-5H2,1-3H3;6-8,10,13H,4-5H2,1-3H3/b7-6-;7-6+,9-8-/t8-,10-,11-;10-/m00/s1. The maximum Gasteiger partial charge on any atom is 0.338 e. The first kappa shape index (κ1) is 32.0. The van der Waals surface area contributed by atoms with E-state index in [9.17, 15) is 29.4 Å². The highest BCUT2D eigenvalue weighted by Crippen LogP contribution is 2.34. The zero-order valence-electron chi connectivity index (χ0n) is 21.0. The lowest BCUT2D eigenvalue weighted by Gasteiger charge is -2.05. The van der Waals surface area contributed by atoms with Gasteiger partial charge in [0.25, 0.3) is 0 Å². The Hall–Kier alpha value is -3.02. The highest BCUT2D eigenvalue weighted by atomic mass is 16.6. The molecule has 198 valence electrons. The van der Waals surface area contributed by atoms with E-state index in [-0.39, 0.29) is 11.1 Å². The molecule has 0 saturated carbocycles. The van der Waals surface area contributed by atoms with Crippen LogP contribution in [0, 0.1) is 0 Å². The monoisotopic (exact) mass is 500 g/mol. The molecule has 0 aromatic heterocycles. The van der Waals surface area contributed by atoms with Crippen molar-refractivity contribution in [2.45, 2.75) is 63.9 Å². The number of aliphatic hydroxyl groups is 2. The Morgan fingerprint density at radius 1 is 0.829 bits per heavy atom. The van der Waals surface area contributed by atoms with Gasteiger partial charge in [-0.25, -0.2) is 19.2 Å². The molecule has 1 heterocycles. The molecule has 1 fully saturated rings. The summed E-state index contributed by atoms with van der Waals surface area (Å²) in [7, 11) is 4.85. The molecule has 11 nitrogen and oxygen atoms in total. The molecule has 35 heavy (non-hydrogen) atoms. The zero-order valence-corrected chi connectivity index (χ0v) is 21.0. The molecular formula is C24H36O11. The molecule has 1 saturated heterocycles. The summed E-state index contributed by atoms with van der Waals surface area (Å²) in [4.78, 5) is 45.0. The predicted molar refractivity (Wildman–Crippen MR) is 124 cm³/mol. The summed E-state index contributed by atoms with van der Waals surface area (Å²) in [6.07, 6.45) is 5.28. The van der Waals surface area contributed by atoms with Crippen LogP contribution in [0.4, 0.5) is 0 Å². The number of ether oxygens (including phenoxy) is 5. The number of carbonyl (C=O) groups is 4. The van der Waals surface area contributed by atoms with Crippen LogP contribution in [0.25, 0.3) is 0 Å². The Balaban J connectivity index is 0.000000662. The summed E-state index contributed by atoms with van der Waals surface area (Å²) < 4.78 is 23.2. The number of esters is 4. The van der Waals surface area contributed by atoms with E-state index >= 15 is 0 Å². The number of aliphatic hydroxyl groups excluding tert-OH is 2. The molecule has 0 aliphatic carbocycles. The molecule has 0 spiro atoms. The zero-order chi connectivity index (χ0) is 27.0. The molecule has 0 aromatic rings. The van der Waals surface area contributed by atoms with E-state index in [4.69, 9.17) is 4.74 Å². The van der Waals surface area contributed by atoms with Crippen LogP contribution in [0.1, 0.15) is 39.5 Å². The normalized spacial score (nSPS) is 19.1. The van der Waals surface area contributed by atoms with Gasteiger partial charge in [-0.05, 0) is 18.9 Å². The SMILES string of the molecule is CCC[C@H](O)/C=C/C(=C/C(=O)OC)C(=O)OC.CCC[C@H](O)[C@@H]1O[C@H]1/C(=C/C(=O)OC)C(=O)OC. The second-order valence-electron chi connectivity index (χ2n) is 7.32. The van der Waals surface area contributed by atoms with E-state index in [0.29, 0.717) is 12.8 Å². The Bertz CT molecular complexity index is 797. The molecule has 0 aromatic carbocycles. The lowest BCUT2D eigenvalue weighted by Crippen LogP contribution is -2.21. The van der Waals surface area contributed by atoms with Crippen molar-refractivity contribution < 1.29 is 53.1 Å². The van der Waals surface area contributed by atoms with Gasteiger partial charge < -0.3 is 33.9 Å². The van der Waals surface area contributed by atoms with Crippen LogP contribution in [-0.2, 0) is 42.9 Å². The highest BCUT2D eigenvalue weighted by molar-refractivity contribution is 5.98. The van der Waals surface area contributed by atoms with Gasteiger partial charge in [0.2, 0.25) is 0 Å². The Kier molecular flexibility index (Phi) is 15.9. The molecule has 0 amide bonds. The fourth-order valence-corrected chi connectivity index (χ4v) is 2.77. The van der Waals surface area contributed by atoms with Crippen LogP contribution >= 0.6 is 0 Å². The summed E-state index contributed by atoms with van der Waals surface area (Å²) in [6.45, 7) is 3.87. The second-order valence-corrected chi connectivity index (χ2v) is 7.32. The third kappa shape index (κ3) is 12.3.